The fourth-order valence-electron chi connectivity index (χ4n) is 2.98. The maximum absolute atomic E-state index is 12.0. The number of aromatic nitrogens is 2. The van der Waals surface area contributed by atoms with E-state index in [2.05, 4.69) is 20.6 Å². The molecule has 2 aromatic heterocycles. The van der Waals surface area contributed by atoms with Crippen LogP contribution in [0.2, 0.25) is 0 Å². The monoisotopic (exact) mass is 286 g/mol. The maximum Gasteiger partial charge on any atom is 0.224 e. The molecule has 5 heteroatoms. The lowest BCUT2D eigenvalue weighted by molar-refractivity contribution is -0.120. The number of hydrogen-bond donors (Lipinski definition) is 3. The lowest BCUT2D eigenvalue weighted by atomic mass is 9.96. The SMILES string of the molecule is O=C(Cc1c[nH]c2ncccc12)NCCC1CCCNC1. The van der Waals surface area contributed by atoms with Crippen LogP contribution in [0, 0.1) is 5.92 Å². The average Bonchev–Trinajstić information content (AvgIpc) is 2.92. The summed E-state index contributed by atoms with van der Waals surface area (Å²) in [7, 11) is 0. The molecule has 1 unspecified atom stereocenters. The van der Waals surface area contributed by atoms with Gasteiger partial charge in [0.1, 0.15) is 5.65 Å². The van der Waals surface area contributed by atoms with E-state index in [1.165, 1.54) is 12.8 Å². The third kappa shape index (κ3) is 3.61. The van der Waals surface area contributed by atoms with Gasteiger partial charge in [0.15, 0.2) is 0 Å². The van der Waals surface area contributed by atoms with Crippen molar-refractivity contribution in [2.45, 2.75) is 25.7 Å². The second-order valence-corrected chi connectivity index (χ2v) is 5.74. The van der Waals surface area contributed by atoms with Gasteiger partial charge in [-0.15, -0.1) is 0 Å². The van der Waals surface area contributed by atoms with Crippen molar-refractivity contribution in [1.29, 1.82) is 0 Å². The minimum Gasteiger partial charge on any atom is -0.356 e. The van der Waals surface area contributed by atoms with Gasteiger partial charge in [0.2, 0.25) is 5.91 Å². The van der Waals surface area contributed by atoms with Crippen LogP contribution in [0.25, 0.3) is 11.0 Å². The zero-order valence-corrected chi connectivity index (χ0v) is 12.2. The normalized spacial score (nSPS) is 18.8. The molecule has 0 spiro atoms. The van der Waals surface area contributed by atoms with E-state index in [9.17, 15) is 4.79 Å². The molecule has 1 saturated heterocycles. The first-order valence-corrected chi connectivity index (χ1v) is 7.71. The Morgan fingerprint density at radius 3 is 3.29 bits per heavy atom. The molecular formula is C16H22N4O. The summed E-state index contributed by atoms with van der Waals surface area (Å²) in [6.07, 6.45) is 7.63. The molecule has 3 rings (SSSR count). The molecule has 3 heterocycles. The number of rotatable bonds is 5. The maximum atomic E-state index is 12.0. The van der Waals surface area contributed by atoms with Crippen molar-refractivity contribution in [1.82, 2.24) is 20.6 Å². The molecule has 0 saturated carbocycles. The van der Waals surface area contributed by atoms with Crippen LogP contribution in [0.1, 0.15) is 24.8 Å². The average molecular weight is 286 g/mol. The summed E-state index contributed by atoms with van der Waals surface area (Å²) in [6.45, 7) is 2.99. The topological polar surface area (TPSA) is 69.8 Å². The first-order chi connectivity index (χ1) is 10.3. The van der Waals surface area contributed by atoms with E-state index in [-0.39, 0.29) is 5.91 Å². The molecule has 3 N–H and O–H groups in total. The molecule has 5 nitrogen and oxygen atoms in total. The van der Waals surface area contributed by atoms with Crippen LogP contribution in [0.5, 0.6) is 0 Å². The number of carbonyl (C=O) groups excluding carboxylic acids is 1. The number of nitrogens with zero attached hydrogens (tertiary/aromatic N) is 1. The van der Waals surface area contributed by atoms with E-state index < -0.39 is 0 Å². The standard InChI is InChI=1S/C16H22N4O/c21-15(18-8-5-12-3-1-6-17-10-12)9-13-11-20-16-14(13)4-2-7-19-16/h2,4,7,11-12,17H,1,3,5-6,8-10H2,(H,18,21)(H,19,20). The molecule has 0 aromatic carbocycles. The lowest BCUT2D eigenvalue weighted by Gasteiger charge is -2.22. The van der Waals surface area contributed by atoms with Gasteiger partial charge in [0.25, 0.3) is 0 Å². The Bertz CT molecular complexity index is 601. The number of aromatic amines is 1. The van der Waals surface area contributed by atoms with Crippen LogP contribution in [0.3, 0.4) is 0 Å². The van der Waals surface area contributed by atoms with Crippen molar-refractivity contribution < 1.29 is 4.79 Å². The highest BCUT2D eigenvalue weighted by Gasteiger charge is 2.13. The Labute approximate surface area is 124 Å². The molecule has 0 radical (unpaired) electrons. The van der Waals surface area contributed by atoms with Gasteiger partial charge in [-0.3, -0.25) is 4.79 Å². The largest absolute Gasteiger partial charge is 0.356 e. The van der Waals surface area contributed by atoms with E-state index in [1.807, 2.05) is 18.3 Å². The highest BCUT2D eigenvalue weighted by molar-refractivity contribution is 5.86. The number of amides is 1. The molecule has 1 atom stereocenters. The van der Waals surface area contributed by atoms with Gasteiger partial charge >= 0.3 is 0 Å². The Hall–Kier alpha value is -1.88. The predicted octanol–water partition coefficient (Wildman–Crippen LogP) is 1.61. The van der Waals surface area contributed by atoms with Crippen LogP contribution < -0.4 is 10.6 Å². The number of nitrogens with one attached hydrogen (secondary N) is 3. The number of carbonyl (C=O) groups is 1. The highest BCUT2D eigenvalue weighted by Crippen LogP contribution is 2.16. The Balaban J connectivity index is 1.47. The van der Waals surface area contributed by atoms with Gasteiger partial charge in [0, 0.05) is 24.3 Å². The van der Waals surface area contributed by atoms with Crippen LogP contribution in [-0.2, 0) is 11.2 Å². The molecule has 2 aromatic rings. The van der Waals surface area contributed by atoms with Gasteiger partial charge in [-0.2, -0.15) is 0 Å². The van der Waals surface area contributed by atoms with Gasteiger partial charge in [-0.05, 0) is 56.0 Å². The Morgan fingerprint density at radius 1 is 1.48 bits per heavy atom. The van der Waals surface area contributed by atoms with E-state index in [1.54, 1.807) is 6.20 Å². The zero-order chi connectivity index (χ0) is 14.5. The van der Waals surface area contributed by atoms with Crippen molar-refractivity contribution in [2.75, 3.05) is 19.6 Å². The molecule has 1 fully saturated rings. The molecule has 21 heavy (non-hydrogen) atoms. The van der Waals surface area contributed by atoms with Crippen molar-refractivity contribution in [2.24, 2.45) is 5.92 Å². The first-order valence-electron chi connectivity index (χ1n) is 7.71. The number of hydrogen-bond acceptors (Lipinski definition) is 3. The van der Waals surface area contributed by atoms with Gasteiger partial charge < -0.3 is 15.6 Å². The molecule has 1 amide bonds. The van der Waals surface area contributed by atoms with Crippen LogP contribution in [0.4, 0.5) is 0 Å². The first kappa shape index (κ1) is 14.1. The smallest absolute Gasteiger partial charge is 0.224 e. The zero-order valence-electron chi connectivity index (χ0n) is 12.2. The predicted molar refractivity (Wildman–Crippen MR) is 83.0 cm³/mol. The van der Waals surface area contributed by atoms with E-state index in [4.69, 9.17) is 0 Å². The summed E-state index contributed by atoms with van der Waals surface area (Å²) in [5, 5.41) is 7.47. The number of H-pyrrole nitrogens is 1. The molecule has 0 bridgehead atoms. The lowest BCUT2D eigenvalue weighted by Crippen LogP contribution is -2.33. The molecule has 1 aliphatic rings. The minimum absolute atomic E-state index is 0.0866. The summed E-state index contributed by atoms with van der Waals surface area (Å²) in [6, 6.07) is 3.89. The summed E-state index contributed by atoms with van der Waals surface area (Å²) in [5.41, 5.74) is 1.85. The number of pyridine rings is 1. The molecule has 0 aliphatic carbocycles. The Kier molecular flexibility index (Phi) is 4.50. The van der Waals surface area contributed by atoms with E-state index in [0.717, 1.165) is 42.7 Å². The summed E-state index contributed by atoms with van der Waals surface area (Å²) in [5.74, 6) is 0.792. The third-order valence-electron chi connectivity index (χ3n) is 4.16. The fourth-order valence-corrected chi connectivity index (χ4v) is 2.98. The number of fused-ring (bicyclic) bond motifs is 1. The quantitative estimate of drug-likeness (QED) is 0.782. The van der Waals surface area contributed by atoms with Crippen molar-refractivity contribution in [3.63, 3.8) is 0 Å². The van der Waals surface area contributed by atoms with Crippen LogP contribution in [-0.4, -0.2) is 35.5 Å². The number of piperidine rings is 1. The summed E-state index contributed by atoms with van der Waals surface area (Å²) < 4.78 is 0. The summed E-state index contributed by atoms with van der Waals surface area (Å²) in [4.78, 5) is 19.4. The summed E-state index contributed by atoms with van der Waals surface area (Å²) >= 11 is 0. The fraction of sp³-hybridized carbons (Fsp3) is 0.500. The Morgan fingerprint density at radius 2 is 2.43 bits per heavy atom. The highest BCUT2D eigenvalue weighted by atomic mass is 16.1. The molecule has 112 valence electrons. The van der Waals surface area contributed by atoms with Crippen LogP contribution in [0.15, 0.2) is 24.5 Å². The molecular weight excluding hydrogens is 264 g/mol. The second-order valence-electron chi connectivity index (χ2n) is 5.74. The van der Waals surface area contributed by atoms with E-state index >= 15 is 0 Å². The minimum atomic E-state index is 0.0866. The van der Waals surface area contributed by atoms with Gasteiger partial charge in [-0.25, -0.2) is 4.98 Å². The van der Waals surface area contributed by atoms with Gasteiger partial charge in [0.05, 0.1) is 6.42 Å². The molecule has 1 aliphatic heterocycles. The van der Waals surface area contributed by atoms with Gasteiger partial charge in [-0.1, -0.05) is 0 Å². The second kappa shape index (κ2) is 6.72. The van der Waals surface area contributed by atoms with E-state index in [0.29, 0.717) is 12.3 Å². The van der Waals surface area contributed by atoms with Crippen molar-refractivity contribution >= 4 is 16.9 Å². The van der Waals surface area contributed by atoms with Crippen LogP contribution >= 0.6 is 0 Å². The third-order valence-corrected chi connectivity index (χ3v) is 4.16. The van der Waals surface area contributed by atoms with Crippen molar-refractivity contribution in [3.8, 4) is 0 Å². The van der Waals surface area contributed by atoms with Crippen molar-refractivity contribution in [3.05, 3.63) is 30.1 Å².